The van der Waals surface area contributed by atoms with E-state index in [4.69, 9.17) is 11.6 Å². The van der Waals surface area contributed by atoms with E-state index in [1.54, 1.807) is 44.2 Å². The van der Waals surface area contributed by atoms with Crippen molar-refractivity contribution in [2.24, 2.45) is 5.92 Å². The van der Waals surface area contributed by atoms with Crippen molar-refractivity contribution < 1.29 is 14.7 Å². The highest BCUT2D eigenvalue weighted by Gasteiger charge is 2.24. The SMILES string of the molecule is CN(C)C(=O)c1ccc(N2CCC(CCCN(C)C(=O)C(O)c3ccccc3)CC2)nc1Cl. The number of aliphatic hydroxyl groups excluding tert-OH is 1. The molecule has 1 aliphatic rings. The number of anilines is 1. The van der Waals surface area contributed by atoms with E-state index in [1.807, 2.05) is 24.3 Å². The fourth-order valence-electron chi connectivity index (χ4n) is 4.17. The van der Waals surface area contributed by atoms with Gasteiger partial charge in [0.2, 0.25) is 0 Å². The van der Waals surface area contributed by atoms with Gasteiger partial charge in [-0.05, 0) is 49.3 Å². The highest BCUT2D eigenvalue weighted by molar-refractivity contribution is 6.32. The summed E-state index contributed by atoms with van der Waals surface area (Å²) in [7, 11) is 5.13. The molecule has 1 aliphatic heterocycles. The third kappa shape index (κ3) is 6.45. The fraction of sp³-hybridized carbons (Fsp3) is 0.480. The molecule has 7 nitrogen and oxygen atoms in total. The van der Waals surface area contributed by atoms with E-state index in [0.29, 0.717) is 23.6 Å². The number of rotatable bonds is 8. The van der Waals surface area contributed by atoms with Gasteiger partial charge >= 0.3 is 0 Å². The molecule has 0 radical (unpaired) electrons. The molecule has 1 fully saturated rings. The Bertz CT molecular complexity index is 946. The zero-order valence-electron chi connectivity index (χ0n) is 19.6. The van der Waals surface area contributed by atoms with Gasteiger partial charge < -0.3 is 19.8 Å². The average Bonchev–Trinajstić information content (AvgIpc) is 2.83. The van der Waals surface area contributed by atoms with Gasteiger partial charge in [0.15, 0.2) is 6.10 Å². The van der Waals surface area contributed by atoms with Crippen LogP contribution in [0, 0.1) is 5.92 Å². The number of hydrogen-bond acceptors (Lipinski definition) is 5. The molecule has 0 spiro atoms. The predicted molar refractivity (Wildman–Crippen MR) is 130 cm³/mol. The van der Waals surface area contributed by atoms with Crippen molar-refractivity contribution >= 4 is 29.2 Å². The predicted octanol–water partition coefficient (Wildman–Crippen LogP) is 3.63. The molecular weight excluding hydrogens is 440 g/mol. The standard InChI is InChI=1S/C25H33ClN4O3/c1-28(2)24(32)20-11-12-21(27-23(20)26)30-16-13-18(14-17-30)8-7-15-29(3)25(33)22(31)19-9-5-4-6-10-19/h4-6,9-12,18,22,31H,7-8,13-17H2,1-3H3. The molecule has 33 heavy (non-hydrogen) atoms. The molecule has 1 N–H and O–H groups in total. The molecule has 0 bridgehead atoms. The molecule has 2 heterocycles. The maximum Gasteiger partial charge on any atom is 0.256 e. The second-order valence-corrected chi connectivity index (χ2v) is 9.21. The summed E-state index contributed by atoms with van der Waals surface area (Å²) in [5.41, 5.74) is 1.03. The molecule has 2 amide bonds. The van der Waals surface area contributed by atoms with Crippen molar-refractivity contribution in [3.05, 3.63) is 58.7 Å². The number of hydrogen-bond donors (Lipinski definition) is 1. The molecule has 1 saturated heterocycles. The lowest BCUT2D eigenvalue weighted by molar-refractivity contribution is -0.139. The summed E-state index contributed by atoms with van der Waals surface area (Å²) < 4.78 is 0. The van der Waals surface area contributed by atoms with Crippen molar-refractivity contribution in [2.45, 2.75) is 31.8 Å². The van der Waals surface area contributed by atoms with Crippen molar-refractivity contribution in [1.29, 1.82) is 0 Å². The van der Waals surface area contributed by atoms with Crippen molar-refractivity contribution in [2.75, 3.05) is 45.7 Å². The van der Waals surface area contributed by atoms with Crippen LogP contribution in [0.3, 0.4) is 0 Å². The number of carbonyl (C=O) groups excluding carboxylic acids is 2. The third-order valence-electron chi connectivity index (χ3n) is 6.24. The number of piperidine rings is 1. The Kier molecular flexibility index (Phi) is 8.69. The molecule has 1 unspecified atom stereocenters. The molecule has 0 saturated carbocycles. The monoisotopic (exact) mass is 472 g/mol. The number of likely N-dealkylation sites (N-methyl/N-ethyl adjacent to an activating group) is 1. The number of carbonyl (C=O) groups is 2. The maximum atomic E-state index is 12.5. The molecule has 0 aliphatic carbocycles. The molecular formula is C25H33ClN4O3. The molecule has 1 aromatic carbocycles. The minimum Gasteiger partial charge on any atom is -0.378 e. The highest BCUT2D eigenvalue weighted by atomic mass is 35.5. The number of amides is 2. The van der Waals surface area contributed by atoms with Gasteiger partial charge in [-0.1, -0.05) is 41.9 Å². The maximum absolute atomic E-state index is 12.5. The summed E-state index contributed by atoms with van der Waals surface area (Å²) in [4.78, 5) is 34.4. The summed E-state index contributed by atoms with van der Waals surface area (Å²) in [5, 5.41) is 10.5. The largest absolute Gasteiger partial charge is 0.378 e. The van der Waals surface area contributed by atoms with Crippen LogP contribution >= 0.6 is 11.6 Å². The van der Waals surface area contributed by atoms with Gasteiger partial charge in [0, 0.05) is 40.8 Å². The van der Waals surface area contributed by atoms with Gasteiger partial charge in [0.05, 0.1) is 5.56 Å². The van der Waals surface area contributed by atoms with Gasteiger partial charge in [-0.2, -0.15) is 0 Å². The summed E-state index contributed by atoms with van der Waals surface area (Å²) in [5.74, 6) is 0.968. The first-order valence-electron chi connectivity index (χ1n) is 11.4. The normalized spacial score (nSPS) is 15.2. The first-order valence-corrected chi connectivity index (χ1v) is 11.8. The smallest absolute Gasteiger partial charge is 0.256 e. The van der Waals surface area contributed by atoms with Crippen LogP contribution in [0.15, 0.2) is 42.5 Å². The first-order chi connectivity index (χ1) is 15.8. The fourth-order valence-corrected chi connectivity index (χ4v) is 4.40. The van der Waals surface area contributed by atoms with Gasteiger partial charge in [-0.25, -0.2) is 4.98 Å². The summed E-state index contributed by atoms with van der Waals surface area (Å²) in [6.45, 7) is 2.40. The van der Waals surface area contributed by atoms with Gasteiger partial charge in [0.25, 0.3) is 11.8 Å². The molecule has 3 rings (SSSR count). The summed E-state index contributed by atoms with van der Waals surface area (Å²) >= 11 is 6.27. The molecule has 2 aromatic rings. The van der Waals surface area contributed by atoms with E-state index >= 15 is 0 Å². The van der Waals surface area contributed by atoms with Crippen molar-refractivity contribution in [1.82, 2.24) is 14.8 Å². The van der Waals surface area contributed by atoms with E-state index in [2.05, 4.69) is 9.88 Å². The van der Waals surface area contributed by atoms with Crippen LogP contribution in [-0.4, -0.2) is 72.5 Å². The number of aromatic nitrogens is 1. The van der Waals surface area contributed by atoms with E-state index in [9.17, 15) is 14.7 Å². The van der Waals surface area contributed by atoms with Crippen molar-refractivity contribution in [3.8, 4) is 0 Å². The van der Waals surface area contributed by atoms with Crippen LogP contribution in [0.5, 0.6) is 0 Å². The topological polar surface area (TPSA) is 77.0 Å². The Balaban J connectivity index is 1.43. The van der Waals surface area contributed by atoms with Crippen LogP contribution in [0.1, 0.15) is 47.7 Å². The Morgan fingerprint density at radius 2 is 1.79 bits per heavy atom. The number of aliphatic hydroxyl groups is 1. The molecule has 1 atom stereocenters. The lowest BCUT2D eigenvalue weighted by Gasteiger charge is -2.33. The third-order valence-corrected chi connectivity index (χ3v) is 6.53. The Labute approximate surface area is 201 Å². The Morgan fingerprint density at radius 3 is 2.39 bits per heavy atom. The van der Waals surface area contributed by atoms with Crippen LogP contribution in [0.4, 0.5) is 5.82 Å². The number of nitrogens with zero attached hydrogens (tertiary/aromatic N) is 4. The minimum atomic E-state index is -1.11. The van der Waals surface area contributed by atoms with Gasteiger partial charge in [-0.3, -0.25) is 9.59 Å². The Hall–Kier alpha value is -2.64. The van der Waals surface area contributed by atoms with E-state index in [1.165, 1.54) is 4.90 Å². The molecule has 1 aromatic heterocycles. The van der Waals surface area contributed by atoms with Gasteiger partial charge in [0.1, 0.15) is 11.0 Å². The quantitative estimate of drug-likeness (QED) is 0.594. The van der Waals surface area contributed by atoms with Crippen LogP contribution < -0.4 is 4.90 Å². The van der Waals surface area contributed by atoms with Crippen LogP contribution in [0.2, 0.25) is 5.15 Å². The van der Waals surface area contributed by atoms with Crippen LogP contribution in [0.25, 0.3) is 0 Å². The number of pyridine rings is 1. The lowest BCUT2D eigenvalue weighted by atomic mass is 9.92. The lowest BCUT2D eigenvalue weighted by Crippen LogP contribution is -2.35. The van der Waals surface area contributed by atoms with E-state index < -0.39 is 6.10 Å². The minimum absolute atomic E-state index is 0.155. The zero-order chi connectivity index (χ0) is 24.0. The number of benzene rings is 1. The van der Waals surface area contributed by atoms with Crippen LogP contribution in [-0.2, 0) is 4.79 Å². The van der Waals surface area contributed by atoms with Crippen molar-refractivity contribution in [3.63, 3.8) is 0 Å². The first kappa shape index (κ1) is 25.0. The second kappa shape index (κ2) is 11.5. The number of halogens is 1. The average molecular weight is 473 g/mol. The summed E-state index contributed by atoms with van der Waals surface area (Å²) in [6.07, 6.45) is 2.92. The van der Waals surface area contributed by atoms with Gasteiger partial charge in [-0.15, -0.1) is 0 Å². The molecule has 8 heteroatoms. The van der Waals surface area contributed by atoms with E-state index in [0.717, 1.165) is 44.6 Å². The zero-order valence-corrected chi connectivity index (χ0v) is 20.3. The van der Waals surface area contributed by atoms with E-state index in [-0.39, 0.29) is 17.0 Å². The molecule has 178 valence electrons. The Morgan fingerprint density at radius 1 is 1.12 bits per heavy atom. The second-order valence-electron chi connectivity index (χ2n) is 8.85. The highest BCUT2D eigenvalue weighted by Crippen LogP contribution is 2.27. The summed E-state index contributed by atoms with van der Waals surface area (Å²) in [6, 6.07) is 12.6.